The summed E-state index contributed by atoms with van der Waals surface area (Å²) in [7, 11) is 0. The van der Waals surface area contributed by atoms with E-state index >= 15 is 0 Å². The number of nitro benzene ring substituents is 1. The highest BCUT2D eigenvalue weighted by atomic mass is 32.2. The zero-order chi connectivity index (χ0) is 23.5. The second-order valence-electron chi connectivity index (χ2n) is 8.67. The van der Waals surface area contributed by atoms with E-state index in [9.17, 15) is 14.9 Å². The number of thioether (sulfide) groups is 1. The van der Waals surface area contributed by atoms with Gasteiger partial charge in [0.15, 0.2) is 11.0 Å². The number of nitrogens with one attached hydrogen (secondary N) is 1. The molecule has 168 valence electrons. The minimum absolute atomic E-state index is 0.00595. The predicted octanol–water partition coefficient (Wildman–Crippen LogP) is 5.00. The van der Waals surface area contributed by atoms with Crippen LogP contribution in [-0.2, 0) is 10.5 Å². The first-order chi connectivity index (χ1) is 15.1. The second kappa shape index (κ2) is 9.52. The van der Waals surface area contributed by atoms with Gasteiger partial charge in [-0.3, -0.25) is 19.5 Å². The number of non-ortho nitro benzene ring substituents is 1. The average Bonchev–Trinajstić information content (AvgIpc) is 3.15. The minimum atomic E-state index is -0.546. The molecule has 1 unspecified atom stereocenters. The zero-order valence-corrected chi connectivity index (χ0v) is 19.6. The van der Waals surface area contributed by atoms with Crippen molar-refractivity contribution in [2.45, 2.75) is 51.6 Å². The van der Waals surface area contributed by atoms with Crippen LogP contribution in [0.15, 0.2) is 53.7 Å². The number of benzene rings is 2. The van der Waals surface area contributed by atoms with Gasteiger partial charge in [-0.25, -0.2) is 0 Å². The Morgan fingerprint density at radius 3 is 2.47 bits per heavy atom. The number of aryl methyl sites for hydroxylation is 1. The van der Waals surface area contributed by atoms with Gasteiger partial charge in [0, 0.05) is 29.0 Å². The summed E-state index contributed by atoms with van der Waals surface area (Å²) < 4.78 is 1.85. The second-order valence-corrected chi connectivity index (χ2v) is 9.62. The van der Waals surface area contributed by atoms with E-state index in [1.807, 2.05) is 51.3 Å². The fourth-order valence-electron chi connectivity index (χ4n) is 3.05. The number of amides is 1. The molecule has 1 N–H and O–H groups in total. The molecule has 0 radical (unpaired) electrons. The monoisotopic (exact) mass is 453 g/mol. The molecule has 3 rings (SSSR count). The van der Waals surface area contributed by atoms with Crippen molar-refractivity contribution >= 4 is 23.4 Å². The molecule has 0 bridgehead atoms. The molecule has 9 heteroatoms. The van der Waals surface area contributed by atoms with Crippen molar-refractivity contribution in [2.75, 3.05) is 0 Å². The minimum Gasteiger partial charge on any atom is -0.346 e. The van der Waals surface area contributed by atoms with Crippen molar-refractivity contribution in [3.05, 3.63) is 75.6 Å². The lowest BCUT2D eigenvalue weighted by Crippen LogP contribution is -2.37. The van der Waals surface area contributed by atoms with Gasteiger partial charge in [0.2, 0.25) is 5.91 Å². The van der Waals surface area contributed by atoms with Crippen LogP contribution < -0.4 is 5.32 Å². The summed E-state index contributed by atoms with van der Waals surface area (Å²) in [6.07, 6.45) is 0. The zero-order valence-electron chi connectivity index (χ0n) is 18.8. The lowest BCUT2D eigenvalue weighted by molar-refractivity contribution is -0.384. The van der Waals surface area contributed by atoms with Crippen LogP contribution in [-0.4, -0.2) is 25.6 Å². The summed E-state index contributed by atoms with van der Waals surface area (Å²) in [4.78, 5) is 23.1. The molecule has 0 spiro atoms. The number of carbonyl (C=O) groups excluding carboxylic acids is 1. The molecule has 0 aliphatic carbocycles. The van der Waals surface area contributed by atoms with Crippen molar-refractivity contribution < 1.29 is 9.72 Å². The molecule has 1 atom stereocenters. The van der Waals surface area contributed by atoms with E-state index in [1.165, 1.54) is 29.5 Å². The highest BCUT2D eigenvalue weighted by molar-refractivity contribution is 7.98. The van der Waals surface area contributed by atoms with Gasteiger partial charge in [0.05, 0.1) is 11.0 Å². The van der Waals surface area contributed by atoms with Gasteiger partial charge < -0.3 is 5.32 Å². The molecular weight excluding hydrogens is 426 g/mol. The standard InChI is InChI=1S/C23H27N5O3S/c1-15-7-6-8-17(13-15)14-32-22-26-25-20(16(2)24-21(29)23(3,4)5)27(22)18-9-11-19(12-10-18)28(30)31/h6-13,16H,14H2,1-5H3,(H,24,29). The highest BCUT2D eigenvalue weighted by Gasteiger charge is 2.26. The van der Waals surface area contributed by atoms with E-state index in [-0.39, 0.29) is 11.6 Å². The topological polar surface area (TPSA) is 103 Å². The van der Waals surface area contributed by atoms with Gasteiger partial charge in [-0.05, 0) is 31.5 Å². The van der Waals surface area contributed by atoms with Crippen molar-refractivity contribution in [2.24, 2.45) is 5.41 Å². The molecule has 1 amide bonds. The smallest absolute Gasteiger partial charge is 0.269 e. The molecular formula is C23H27N5O3S. The SMILES string of the molecule is Cc1cccc(CSc2nnc(C(C)NC(=O)C(C)(C)C)n2-c2ccc([N+](=O)[O-])cc2)c1. The molecule has 0 aliphatic heterocycles. The van der Waals surface area contributed by atoms with E-state index in [2.05, 4.69) is 27.6 Å². The normalized spacial score (nSPS) is 12.4. The van der Waals surface area contributed by atoms with Crippen LogP contribution in [0.1, 0.15) is 50.7 Å². The Balaban J connectivity index is 1.95. The lowest BCUT2D eigenvalue weighted by Gasteiger charge is -2.22. The van der Waals surface area contributed by atoms with Crippen molar-refractivity contribution in [3.8, 4) is 5.69 Å². The van der Waals surface area contributed by atoms with E-state index < -0.39 is 16.4 Å². The van der Waals surface area contributed by atoms with Gasteiger partial charge >= 0.3 is 0 Å². The van der Waals surface area contributed by atoms with Gasteiger partial charge in [-0.1, -0.05) is 62.4 Å². The molecule has 32 heavy (non-hydrogen) atoms. The Bertz CT molecular complexity index is 1120. The third kappa shape index (κ3) is 5.53. The predicted molar refractivity (Wildman–Crippen MR) is 125 cm³/mol. The van der Waals surface area contributed by atoms with E-state index in [0.717, 1.165) is 5.56 Å². The quantitative estimate of drug-likeness (QED) is 0.307. The largest absolute Gasteiger partial charge is 0.346 e. The third-order valence-electron chi connectivity index (χ3n) is 4.84. The molecule has 3 aromatic rings. The fraction of sp³-hybridized carbons (Fsp3) is 0.348. The summed E-state index contributed by atoms with van der Waals surface area (Å²) in [6.45, 7) is 9.44. The molecule has 0 fully saturated rings. The highest BCUT2D eigenvalue weighted by Crippen LogP contribution is 2.29. The Morgan fingerprint density at radius 1 is 1.19 bits per heavy atom. The maximum Gasteiger partial charge on any atom is 0.269 e. The Labute approximate surface area is 191 Å². The maximum absolute atomic E-state index is 12.5. The number of nitro groups is 1. The van der Waals surface area contributed by atoms with Gasteiger partial charge in [0.1, 0.15) is 0 Å². The van der Waals surface area contributed by atoms with Crippen LogP contribution >= 0.6 is 11.8 Å². The van der Waals surface area contributed by atoms with E-state index in [4.69, 9.17) is 0 Å². The third-order valence-corrected chi connectivity index (χ3v) is 5.84. The number of hydrogen-bond acceptors (Lipinski definition) is 6. The van der Waals surface area contributed by atoms with Crippen LogP contribution in [0.4, 0.5) is 5.69 Å². The number of hydrogen-bond donors (Lipinski definition) is 1. The first-order valence-electron chi connectivity index (χ1n) is 10.3. The van der Waals surface area contributed by atoms with Crippen LogP contribution in [0.2, 0.25) is 0 Å². The molecule has 1 aromatic heterocycles. The molecule has 8 nitrogen and oxygen atoms in total. The number of rotatable bonds is 7. The van der Waals surface area contributed by atoms with Gasteiger partial charge in [-0.15, -0.1) is 10.2 Å². The Morgan fingerprint density at radius 2 is 1.88 bits per heavy atom. The number of aromatic nitrogens is 3. The van der Waals surface area contributed by atoms with Crippen molar-refractivity contribution in [3.63, 3.8) is 0 Å². The molecule has 0 saturated carbocycles. The van der Waals surface area contributed by atoms with Crippen molar-refractivity contribution in [1.82, 2.24) is 20.1 Å². The first-order valence-corrected chi connectivity index (χ1v) is 11.2. The first kappa shape index (κ1) is 23.5. The molecule has 0 saturated heterocycles. The summed E-state index contributed by atoms with van der Waals surface area (Å²) in [5, 5.41) is 23.4. The van der Waals surface area contributed by atoms with Crippen LogP contribution in [0.3, 0.4) is 0 Å². The van der Waals surface area contributed by atoms with Crippen LogP contribution in [0, 0.1) is 22.5 Å². The van der Waals surface area contributed by atoms with Crippen LogP contribution in [0.25, 0.3) is 5.69 Å². The number of nitrogens with zero attached hydrogens (tertiary/aromatic N) is 4. The molecule has 0 aliphatic rings. The number of carbonyl (C=O) groups is 1. The summed E-state index contributed by atoms with van der Waals surface area (Å²) >= 11 is 1.52. The van der Waals surface area contributed by atoms with E-state index in [0.29, 0.717) is 22.4 Å². The Kier molecular flexibility index (Phi) is 6.98. The molecule has 2 aromatic carbocycles. The average molecular weight is 454 g/mol. The maximum atomic E-state index is 12.5. The summed E-state index contributed by atoms with van der Waals surface area (Å²) in [5.41, 5.74) is 2.49. The van der Waals surface area contributed by atoms with Crippen molar-refractivity contribution in [1.29, 1.82) is 0 Å². The summed E-state index contributed by atoms with van der Waals surface area (Å²) in [6, 6.07) is 14.1. The van der Waals surface area contributed by atoms with E-state index in [1.54, 1.807) is 12.1 Å². The lowest BCUT2D eigenvalue weighted by atomic mass is 9.95. The fourth-order valence-corrected chi connectivity index (χ4v) is 3.95. The Hall–Kier alpha value is -3.20. The molecule has 1 heterocycles. The van der Waals surface area contributed by atoms with Gasteiger partial charge in [-0.2, -0.15) is 0 Å². The van der Waals surface area contributed by atoms with Gasteiger partial charge in [0.25, 0.3) is 5.69 Å². The van der Waals surface area contributed by atoms with Crippen LogP contribution in [0.5, 0.6) is 0 Å². The summed E-state index contributed by atoms with van der Waals surface area (Å²) in [5.74, 6) is 1.15.